The Labute approximate surface area is 205 Å². The van der Waals surface area contributed by atoms with Gasteiger partial charge in [-0.05, 0) is 44.5 Å². The SMILES string of the molecule is C[C@@H](O)c1cc2cnc(Nc3ccc(CN4CCN(C)CC4)cn3)nc2c(N2CCC(O)CC2)n1. The van der Waals surface area contributed by atoms with E-state index in [1.165, 1.54) is 5.56 Å². The van der Waals surface area contributed by atoms with Crippen molar-refractivity contribution in [3.63, 3.8) is 0 Å². The summed E-state index contributed by atoms with van der Waals surface area (Å²) in [5.74, 6) is 1.84. The molecule has 3 N–H and O–H groups in total. The third-order valence-electron chi connectivity index (χ3n) is 6.83. The molecule has 2 aliphatic heterocycles. The second-order valence-corrected chi connectivity index (χ2v) is 9.65. The molecule has 2 saturated heterocycles. The van der Waals surface area contributed by atoms with Crippen molar-refractivity contribution in [3.8, 4) is 0 Å². The predicted octanol–water partition coefficient (Wildman–Crippen LogP) is 1.93. The highest BCUT2D eigenvalue weighted by Crippen LogP contribution is 2.29. The van der Waals surface area contributed by atoms with Crippen LogP contribution in [0.5, 0.6) is 0 Å². The van der Waals surface area contributed by atoms with Crippen molar-refractivity contribution in [3.05, 3.63) is 41.9 Å². The van der Waals surface area contributed by atoms with E-state index in [0.717, 1.165) is 43.6 Å². The molecule has 5 rings (SSSR count). The van der Waals surface area contributed by atoms with E-state index in [-0.39, 0.29) is 6.10 Å². The molecule has 186 valence electrons. The van der Waals surface area contributed by atoms with E-state index in [2.05, 4.69) is 43.1 Å². The quantitative estimate of drug-likeness (QED) is 0.486. The summed E-state index contributed by atoms with van der Waals surface area (Å²) >= 11 is 0. The number of pyridine rings is 2. The fourth-order valence-electron chi connectivity index (χ4n) is 4.59. The Morgan fingerprint density at radius 1 is 1.03 bits per heavy atom. The fraction of sp³-hybridized carbons (Fsp3) is 0.520. The molecule has 35 heavy (non-hydrogen) atoms. The normalized spacial score (nSPS) is 19.3. The lowest BCUT2D eigenvalue weighted by Crippen LogP contribution is -2.43. The first-order valence-corrected chi connectivity index (χ1v) is 12.4. The van der Waals surface area contributed by atoms with Crippen LogP contribution in [0.1, 0.15) is 37.1 Å². The number of fused-ring (bicyclic) bond motifs is 1. The summed E-state index contributed by atoms with van der Waals surface area (Å²) in [5, 5.41) is 24.1. The molecule has 1 atom stereocenters. The molecular formula is C25H34N8O2. The van der Waals surface area contributed by atoms with Gasteiger partial charge in [-0.15, -0.1) is 0 Å². The minimum absolute atomic E-state index is 0.283. The highest BCUT2D eigenvalue weighted by atomic mass is 16.3. The molecule has 2 fully saturated rings. The minimum Gasteiger partial charge on any atom is -0.393 e. The monoisotopic (exact) mass is 478 g/mol. The van der Waals surface area contributed by atoms with Gasteiger partial charge in [0, 0.05) is 63.6 Å². The average molecular weight is 479 g/mol. The summed E-state index contributed by atoms with van der Waals surface area (Å²) in [6.45, 7) is 8.33. The van der Waals surface area contributed by atoms with Crippen molar-refractivity contribution in [1.82, 2.24) is 29.7 Å². The van der Waals surface area contributed by atoms with E-state index in [0.29, 0.717) is 49.2 Å². The predicted molar refractivity (Wildman–Crippen MR) is 136 cm³/mol. The van der Waals surface area contributed by atoms with E-state index >= 15 is 0 Å². The van der Waals surface area contributed by atoms with Crippen LogP contribution in [0.4, 0.5) is 17.6 Å². The summed E-state index contributed by atoms with van der Waals surface area (Å²) in [6.07, 6.45) is 4.05. The second-order valence-electron chi connectivity index (χ2n) is 9.65. The summed E-state index contributed by atoms with van der Waals surface area (Å²) in [5.41, 5.74) is 2.49. The topological polar surface area (TPSA) is 114 Å². The molecule has 0 bridgehead atoms. The third kappa shape index (κ3) is 5.67. The molecule has 3 aromatic heterocycles. The molecule has 0 aliphatic carbocycles. The van der Waals surface area contributed by atoms with Crippen molar-refractivity contribution in [2.24, 2.45) is 0 Å². The van der Waals surface area contributed by atoms with Gasteiger partial charge in [-0.3, -0.25) is 4.90 Å². The molecule has 5 heterocycles. The van der Waals surface area contributed by atoms with Crippen molar-refractivity contribution in [2.45, 2.75) is 38.5 Å². The van der Waals surface area contributed by atoms with Gasteiger partial charge in [-0.2, -0.15) is 0 Å². The summed E-state index contributed by atoms with van der Waals surface area (Å²) in [4.78, 5) is 25.5. The Bertz CT molecular complexity index is 1140. The maximum absolute atomic E-state index is 10.1. The number of aromatic nitrogens is 4. The third-order valence-corrected chi connectivity index (χ3v) is 6.83. The van der Waals surface area contributed by atoms with E-state index in [9.17, 15) is 10.2 Å². The number of likely N-dealkylation sites (N-methyl/N-ethyl adjacent to an activating group) is 1. The standard InChI is InChI=1S/C25H34N8O2/c1-17(34)21-13-19-15-27-25(30-23(19)24(28-21)33-7-5-20(35)6-8-33)29-22-4-3-18(14-26-22)16-32-11-9-31(2)10-12-32/h3-4,13-15,17,20,34-35H,5-12,16H2,1-2H3,(H,26,27,29,30)/t17-/m1/s1. The highest BCUT2D eigenvalue weighted by Gasteiger charge is 2.22. The van der Waals surface area contributed by atoms with Crippen LogP contribution >= 0.6 is 0 Å². The summed E-state index contributed by atoms with van der Waals surface area (Å²) < 4.78 is 0. The van der Waals surface area contributed by atoms with Gasteiger partial charge in [0.1, 0.15) is 11.3 Å². The average Bonchev–Trinajstić information content (AvgIpc) is 2.86. The van der Waals surface area contributed by atoms with Crippen LogP contribution < -0.4 is 10.2 Å². The molecule has 0 saturated carbocycles. The van der Waals surface area contributed by atoms with Crippen LogP contribution in [0.25, 0.3) is 10.9 Å². The number of aliphatic hydroxyl groups is 2. The van der Waals surface area contributed by atoms with Gasteiger partial charge in [0.25, 0.3) is 0 Å². The van der Waals surface area contributed by atoms with Gasteiger partial charge in [-0.1, -0.05) is 6.07 Å². The number of anilines is 3. The molecule has 0 unspecified atom stereocenters. The zero-order valence-corrected chi connectivity index (χ0v) is 20.4. The number of nitrogens with one attached hydrogen (secondary N) is 1. The Morgan fingerprint density at radius 2 is 1.80 bits per heavy atom. The Morgan fingerprint density at radius 3 is 2.49 bits per heavy atom. The lowest BCUT2D eigenvalue weighted by Gasteiger charge is -2.32. The van der Waals surface area contributed by atoms with Crippen LogP contribution in [-0.2, 0) is 6.54 Å². The number of hydrogen-bond donors (Lipinski definition) is 3. The minimum atomic E-state index is -0.695. The lowest BCUT2D eigenvalue weighted by atomic mass is 10.1. The molecule has 0 radical (unpaired) electrons. The van der Waals surface area contributed by atoms with Crippen molar-refractivity contribution >= 4 is 28.5 Å². The zero-order valence-electron chi connectivity index (χ0n) is 20.4. The van der Waals surface area contributed by atoms with E-state index in [4.69, 9.17) is 9.97 Å². The molecule has 2 aliphatic rings. The van der Waals surface area contributed by atoms with Gasteiger partial charge >= 0.3 is 0 Å². The van der Waals surface area contributed by atoms with Crippen LogP contribution in [-0.4, -0.2) is 92.4 Å². The fourth-order valence-corrected chi connectivity index (χ4v) is 4.59. The summed E-state index contributed by atoms with van der Waals surface area (Å²) in [6, 6.07) is 5.88. The van der Waals surface area contributed by atoms with Gasteiger partial charge in [0.05, 0.1) is 17.9 Å². The first-order chi connectivity index (χ1) is 16.9. The molecule has 10 nitrogen and oxygen atoms in total. The van der Waals surface area contributed by atoms with E-state index in [1.807, 2.05) is 18.3 Å². The highest BCUT2D eigenvalue weighted by molar-refractivity contribution is 5.89. The second kappa shape index (κ2) is 10.4. The first-order valence-electron chi connectivity index (χ1n) is 12.4. The number of hydrogen-bond acceptors (Lipinski definition) is 10. The Hall–Kier alpha value is -2.92. The largest absolute Gasteiger partial charge is 0.393 e. The number of piperazine rings is 1. The maximum atomic E-state index is 10.1. The number of piperidine rings is 1. The summed E-state index contributed by atoms with van der Waals surface area (Å²) in [7, 11) is 2.16. The van der Waals surface area contributed by atoms with Gasteiger partial charge < -0.3 is 25.3 Å². The van der Waals surface area contributed by atoms with Crippen LogP contribution in [0.2, 0.25) is 0 Å². The Balaban J connectivity index is 1.35. The van der Waals surface area contributed by atoms with Crippen LogP contribution in [0.15, 0.2) is 30.6 Å². The van der Waals surface area contributed by atoms with E-state index < -0.39 is 6.10 Å². The Kier molecular flexibility index (Phi) is 7.05. The molecule has 0 amide bonds. The lowest BCUT2D eigenvalue weighted by molar-refractivity contribution is 0.145. The number of aliphatic hydroxyl groups excluding tert-OH is 2. The van der Waals surface area contributed by atoms with Crippen LogP contribution in [0, 0.1) is 0 Å². The van der Waals surface area contributed by atoms with Gasteiger partial charge in [-0.25, -0.2) is 19.9 Å². The molecular weight excluding hydrogens is 444 g/mol. The maximum Gasteiger partial charge on any atom is 0.229 e. The first kappa shape index (κ1) is 23.8. The van der Waals surface area contributed by atoms with Crippen LogP contribution in [0.3, 0.4) is 0 Å². The smallest absolute Gasteiger partial charge is 0.229 e. The molecule has 3 aromatic rings. The molecule has 0 aromatic carbocycles. The van der Waals surface area contributed by atoms with Crippen molar-refractivity contribution in [1.29, 1.82) is 0 Å². The van der Waals surface area contributed by atoms with Gasteiger partial charge in [0.2, 0.25) is 5.95 Å². The van der Waals surface area contributed by atoms with Crippen molar-refractivity contribution < 1.29 is 10.2 Å². The number of rotatable bonds is 6. The van der Waals surface area contributed by atoms with Crippen molar-refractivity contribution in [2.75, 3.05) is 56.5 Å². The molecule has 10 heteroatoms. The number of nitrogens with zero attached hydrogens (tertiary/aromatic N) is 7. The zero-order chi connectivity index (χ0) is 24.4. The van der Waals surface area contributed by atoms with Gasteiger partial charge in [0.15, 0.2) is 5.82 Å². The molecule has 0 spiro atoms. The van der Waals surface area contributed by atoms with E-state index in [1.54, 1.807) is 13.1 Å².